The Bertz CT molecular complexity index is 447. The molecule has 0 saturated carbocycles. The van der Waals surface area contributed by atoms with E-state index in [-0.39, 0.29) is 11.8 Å². The largest absolute Gasteiger partial charge is 0.494 e. The first-order chi connectivity index (χ1) is 9.60. The summed E-state index contributed by atoms with van der Waals surface area (Å²) < 4.78 is 18.5. The molecule has 2 rings (SSSR count). The number of nitrogens with zero attached hydrogens (tertiary/aromatic N) is 1. The molecule has 5 heteroatoms. The molecular weight excluding hydrogens is 257 g/mol. The summed E-state index contributed by atoms with van der Waals surface area (Å²) >= 11 is 0. The van der Waals surface area contributed by atoms with Gasteiger partial charge in [0.2, 0.25) is 0 Å². The second-order valence-corrected chi connectivity index (χ2v) is 5.48. The van der Waals surface area contributed by atoms with Gasteiger partial charge in [-0.3, -0.25) is 0 Å². The Hall–Kier alpha value is -1.49. The van der Waals surface area contributed by atoms with Crippen LogP contribution in [0.1, 0.15) is 26.2 Å². The highest BCUT2D eigenvalue weighted by Gasteiger charge is 2.15. The number of benzene rings is 1. The van der Waals surface area contributed by atoms with Crippen LogP contribution in [0.25, 0.3) is 0 Å². The molecule has 0 amide bonds. The van der Waals surface area contributed by atoms with Crippen molar-refractivity contribution in [3.63, 3.8) is 0 Å². The van der Waals surface area contributed by atoms with Gasteiger partial charge in [0.05, 0.1) is 18.5 Å². The van der Waals surface area contributed by atoms with Crippen LogP contribution in [0.3, 0.4) is 0 Å². The van der Waals surface area contributed by atoms with E-state index in [4.69, 9.17) is 10.5 Å². The third-order valence-corrected chi connectivity index (χ3v) is 3.71. The summed E-state index contributed by atoms with van der Waals surface area (Å²) in [7, 11) is 1.45. The molecule has 1 atom stereocenters. The maximum absolute atomic E-state index is 13.5. The van der Waals surface area contributed by atoms with Gasteiger partial charge in [0.15, 0.2) is 11.6 Å². The number of methoxy groups -OCH3 is 1. The first kappa shape index (κ1) is 14.9. The molecule has 3 N–H and O–H groups in total. The van der Waals surface area contributed by atoms with Gasteiger partial charge >= 0.3 is 0 Å². The topological polar surface area (TPSA) is 50.5 Å². The quantitative estimate of drug-likeness (QED) is 0.815. The zero-order chi connectivity index (χ0) is 14.5. The molecule has 4 nitrogen and oxygen atoms in total. The molecule has 0 aromatic heterocycles. The maximum atomic E-state index is 13.5. The van der Waals surface area contributed by atoms with Crippen molar-refractivity contribution in [2.75, 3.05) is 37.8 Å². The first-order valence-corrected chi connectivity index (χ1v) is 7.22. The van der Waals surface area contributed by atoms with E-state index < -0.39 is 5.82 Å². The van der Waals surface area contributed by atoms with E-state index in [9.17, 15) is 4.39 Å². The Kier molecular flexibility index (Phi) is 5.06. The molecule has 20 heavy (non-hydrogen) atoms. The van der Waals surface area contributed by atoms with Crippen molar-refractivity contribution in [1.82, 2.24) is 4.90 Å². The number of nitrogen functional groups attached to an aromatic ring is 1. The molecule has 1 aromatic rings. The van der Waals surface area contributed by atoms with Crippen LogP contribution in [0.2, 0.25) is 0 Å². The second-order valence-electron chi connectivity index (χ2n) is 5.48. The molecule has 1 heterocycles. The van der Waals surface area contributed by atoms with Gasteiger partial charge in [-0.15, -0.1) is 0 Å². The van der Waals surface area contributed by atoms with E-state index in [1.165, 1.54) is 32.4 Å². The lowest BCUT2D eigenvalue weighted by Crippen LogP contribution is -2.38. The highest BCUT2D eigenvalue weighted by molar-refractivity contribution is 5.68. The normalized spacial score (nSPS) is 17.8. The van der Waals surface area contributed by atoms with E-state index >= 15 is 0 Å². The molecule has 1 aromatic carbocycles. The van der Waals surface area contributed by atoms with Gasteiger partial charge in [0, 0.05) is 24.7 Å². The van der Waals surface area contributed by atoms with Crippen molar-refractivity contribution < 1.29 is 9.13 Å². The van der Waals surface area contributed by atoms with Crippen LogP contribution < -0.4 is 15.8 Å². The summed E-state index contributed by atoms with van der Waals surface area (Å²) in [5.41, 5.74) is 7.00. The predicted molar refractivity (Wildman–Crippen MR) is 80.7 cm³/mol. The van der Waals surface area contributed by atoms with Crippen LogP contribution in [-0.2, 0) is 0 Å². The Morgan fingerprint density at radius 3 is 2.70 bits per heavy atom. The molecule has 112 valence electrons. The summed E-state index contributed by atoms with van der Waals surface area (Å²) in [6.07, 6.45) is 3.89. The van der Waals surface area contributed by atoms with Gasteiger partial charge in [0.25, 0.3) is 0 Å². The Morgan fingerprint density at radius 2 is 2.05 bits per heavy atom. The standard InChI is InChI=1S/C15H24FN3O/c1-11(10-19-6-4-3-5-7-19)18-14-9-15(20-2)12(16)8-13(14)17/h8-9,11,18H,3-7,10,17H2,1-2H3. The second kappa shape index (κ2) is 6.79. The molecule has 1 aliphatic heterocycles. The summed E-state index contributed by atoms with van der Waals surface area (Å²) in [6.45, 7) is 5.41. The minimum Gasteiger partial charge on any atom is -0.494 e. The van der Waals surface area contributed by atoms with Crippen molar-refractivity contribution in [2.24, 2.45) is 0 Å². The Labute approximate surface area is 120 Å². The highest BCUT2D eigenvalue weighted by atomic mass is 19.1. The lowest BCUT2D eigenvalue weighted by molar-refractivity contribution is 0.223. The van der Waals surface area contributed by atoms with Crippen molar-refractivity contribution in [3.05, 3.63) is 17.9 Å². The van der Waals surface area contributed by atoms with Crippen LogP contribution in [0.4, 0.5) is 15.8 Å². The maximum Gasteiger partial charge on any atom is 0.167 e. The van der Waals surface area contributed by atoms with E-state index in [2.05, 4.69) is 17.1 Å². The number of piperidine rings is 1. The molecule has 1 aliphatic rings. The van der Waals surface area contributed by atoms with Crippen LogP contribution >= 0.6 is 0 Å². The number of nitrogens with two attached hydrogens (primary N) is 1. The first-order valence-electron chi connectivity index (χ1n) is 7.22. The average molecular weight is 281 g/mol. The molecule has 0 aliphatic carbocycles. The van der Waals surface area contributed by atoms with E-state index in [0.717, 1.165) is 25.3 Å². The predicted octanol–water partition coefficient (Wildman–Crippen LogP) is 2.70. The fraction of sp³-hybridized carbons (Fsp3) is 0.600. The fourth-order valence-corrected chi connectivity index (χ4v) is 2.69. The molecule has 1 saturated heterocycles. The number of rotatable bonds is 5. The number of hydrogen-bond donors (Lipinski definition) is 2. The van der Waals surface area contributed by atoms with Gasteiger partial charge in [-0.1, -0.05) is 6.42 Å². The summed E-state index contributed by atoms with van der Waals surface area (Å²) in [5, 5.41) is 3.35. The Balaban J connectivity index is 1.97. The van der Waals surface area contributed by atoms with Gasteiger partial charge in [-0.2, -0.15) is 0 Å². The molecular formula is C15H24FN3O. The third kappa shape index (κ3) is 3.76. The Morgan fingerprint density at radius 1 is 1.35 bits per heavy atom. The van der Waals surface area contributed by atoms with Crippen molar-refractivity contribution in [3.8, 4) is 5.75 Å². The number of anilines is 2. The lowest BCUT2D eigenvalue weighted by Gasteiger charge is -2.30. The average Bonchev–Trinajstić information content (AvgIpc) is 2.43. The van der Waals surface area contributed by atoms with Gasteiger partial charge < -0.3 is 20.7 Å². The smallest absolute Gasteiger partial charge is 0.167 e. The molecule has 0 radical (unpaired) electrons. The molecule has 1 unspecified atom stereocenters. The van der Waals surface area contributed by atoms with E-state index in [0.29, 0.717) is 5.69 Å². The van der Waals surface area contributed by atoms with Crippen molar-refractivity contribution >= 4 is 11.4 Å². The van der Waals surface area contributed by atoms with Gasteiger partial charge in [0.1, 0.15) is 0 Å². The zero-order valence-electron chi connectivity index (χ0n) is 12.3. The third-order valence-electron chi connectivity index (χ3n) is 3.71. The van der Waals surface area contributed by atoms with Crippen LogP contribution in [0.15, 0.2) is 12.1 Å². The van der Waals surface area contributed by atoms with Crippen LogP contribution in [-0.4, -0.2) is 37.7 Å². The monoisotopic (exact) mass is 281 g/mol. The van der Waals surface area contributed by atoms with E-state index in [1.807, 2.05) is 0 Å². The SMILES string of the molecule is COc1cc(NC(C)CN2CCCCC2)c(N)cc1F. The number of hydrogen-bond acceptors (Lipinski definition) is 4. The minimum atomic E-state index is -0.431. The van der Waals surface area contributed by atoms with Crippen molar-refractivity contribution in [2.45, 2.75) is 32.2 Å². The van der Waals surface area contributed by atoms with Crippen LogP contribution in [0.5, 0.6) is 5.75 Å². The molecule has 1 fully saturated rings. The highest BCUT2D eigenvalue weighted by Crippen LogP contribution is 2.28. The van der Waals surface area contributed by atoms with Gasteiger partial charge in [-0.25, -0.2) is 4.39 Å². The van der Waals surface area contributed by atoms with Gasteiger partial charge in [-0.05, 0) is 32.9 Å². The van der Waals surface area contributed by atoms with Crippen molar-refractivity contribution in [1.29, 1.82) is 0 Å². The number of ether oxygens (including phenoxy) is 1. The summed E-state index contributed by atoms with van der Waals surface area (Å²) in [5.74, 6) is -0.217. The molecule has 0 spiro atoms. The van der Waals surface area contributed by atoms with E-state index in [1.54, 1.807) is 6.07 Å². The minimum absolute atomic E-state index is 0.215. The number of halogens is 1. The van der Waals surface area contributed by atoms with Crippen LogP contribution in [0, 0.1) is 5.82 Å². The fourth-order valence-electron chi connectivity index (χ4n) is 2.69. The molecule has 0 bridgehead atoms. The number of nitrogens with one attached hydrogen (secondary N) is 1. The summed E-state index contributed by atoms with van der Waals surface area (Å²) in [4.78, 5) is 2.46. The lowest BCUT2D eigenvalue weighted by atomic mass is 10.1. The summed E-state index contributed by atoms with van der Waals surface area (Å²) in [6, 6.07) is 3.18. The zero-order valence-corrected chi connectivity index (χ0v) is 12.3. The number of likely N-dealkylation sites (tertiary alicyclic amines) is 1.